The number of methoxy groups -OCH3 is 2. The molecule has 0 radical (unpaired) electrons. The molecule has 20 heavy (non-hydrogen) atoms. The molecule has 0 bridgehead atoms. The minimum Gasteiger partial charge on any atom is -0.496 e. The van der Waals surface area contributed by atoms with Gasteiger partial charge in [0, 0.05) is 15.4 Å². The second-order valence-electron chi connectivity index (χ2n) is 4.81. The van der Waals surface area contributed by atoms with E-state index in [0.29, 0.717) is 5.92 Å². The van der Waals surface area contributed by atoms with Gasteiger partial charge in [0.1, 0.15) is 11.5 Å². The Hall–Kier alpha value is -1.61. The summed E-state index contributed by atoms with van der Waals surface area (Å²) in [5.74, 6) is 2.13. The first-order valence-electron chi connectivity index (χ1n) is 6.64. The Bertz CT molecular complexity index is 539. The SMILES string of the molecule is COc1cc(Sc2ccccc2)cc(OC)c1C(C)C. The topological polar surface area (TPSA) is 18.5 Å². The van der Waals surface area contributed by atoms with Crippen molar-refractivity contribution in [3.63, 3.8) is 0 Å². The quantitative estimate of drug-likeness (QED) is 0.773. The number of benzene rings is 2. The van der Waals surface area contributed by atoms with Gasteiger partial charge in [-0.15, -0.1) is 0 Å². The highest BCUT2D eigenvalue weighted by atomic mass is 32.2. The molecule has 0 N–H and O–H groups in total. The lowest BCUT2D eigenvalue weighted by molar-refractivity contribution is 0.380. The van der Waals surface area contributed by atoms with Crippen LogP contribution in [-0.4, -0.2) is 14.2 Å². The van der Waals surface area contributed by atoms with Crippen molar-refractivity contribution in [2.45, 2.75) is 29.6 Å². The molecule has 3 heteroatoms. The van der Waals surface area contributed by atoms with Gasteiger partial charge in [0.2, 0.25) is 0 Å². The van der Waals surface area contributed by atoms with Gasteiger partial charge in [-0.25, -0.2) is 0 Å². The summed E-state index contributed by atoms with van der Waals surface area (Å²) in [6.07, 6.45) is 0. The third-order valence-corrected chi connectivity index (χ3v) is 4.05. The number of hydrogen-bond acceptors (Lipinski definition) is 3. The van der Waals surface area contributed by atoms with Gasteiger partial charge in [0.25, 0.3) is 0 Å². The van der Waals surface area contributed by atoms with E-state index in [-0.39, 0.29) is 0 Å². The minimum atomic E-state index is 0.357. The zero-order valence-electron chi connectivity index (χ0n) is 12.3. The standard InChI is InChI=1S/C17H20O2S/c1-12(2)17-15(18-3)10-14(11-16(17)19-4)20-13-8-6-5-7-9-13/h5-12H,1-4H3. The maximum atomic E-state index is 5.53. The third kappa shape index (κ3) is 3.28. The molecular formula is C17H20O2S. The van der Waals surface area contributed by atoms with Crippen molar-refractivity contribution in [3.8, 4) is 11.5 Å². The first-order chi connectivity index (χ1) is 9.65. The Balaban J connectivity index is 2.40. The van der Waals surface area contributed by atoms with Gasteiger partial charge >= 0.3 is 0 Å². The monoisotopic (exact) mass is 288 g/mol. The molecule has 2 aromatic rings. The van der Waals surface area contributed by atoms with Crippen LogP contribution in [0.4, 0.5) is 0 Å². The van der Waals surface area contributed by atoms with Gasteiger partial charge in [0.15, 0.2) is 0 Å². The molecule has 106 valence electrons. The highest BCUT2D eigenvalue weighted by Crippen LogP contribution is 2.40. The van der Waals surface area contributed by atoms with Crippen molar-refractivity contribution in [3.05, 3.63) is 48.0 Å². The fourth-order valence-corrected chi connectivity index (χ4v) is 3.06. The molecule has 0 atom stereocenters. The van der Waals surface area contributed by atoms with E-state index in [9.17, 15) is 0 Å². The van der Waals surface area contributed by atoms with Crippen molar-refractivity contribution in [2.24, 2.45) is 0 Å². The Morgan fingerprint density at radius 1 is 0.850 bits per heavy atom. The number of ether oxygens (including phenoxy) is 2. The highest BCUT2D eigenvalue weighted by molar-refractivity contribution is 7.99. The van der Waals surface area contributed by atoms with Crippen LogP contribution in [0.3, 0.4) is 0 Å². The zero-order valence-corrected chi connectivity index (χ0v) is 13.2. The lowest BCUT2D eigenvalue weighted by Gasteiger charge is -2.17. The highest BCUT2D eigenvalue weighted by Gasteiger charge is 2.16. The van der Waals surface area contributed by atoms with Gasteiger partial charge in [0.05, 0.1) is 14.2 Å². The van der Waals surface area contributed by atoms with Gasteiger partial charge < -0.3 is 9.47 Å². The average Bonchev–Trinajstić information content (AvgIpc) is 2.46. The Kier molecular flexibility index (Phi) is 4.96. The van der Waals surface area contributed by atoms with Crippen LogP contribution in [0.15, 0.2) is 52.3 Å². The van der Waals surface area contributed by atoms with Crippen molar-refractivity contribution in [1.82, 2.24) is 0 Å². The fourth-order valence-electron chi connectivity index (χ4n) is 2.17. The van der Waals surface area contributed by atoms with Crippen LogP contribution in [0.1, 0.15) is 25.3 Å². The Labute approximate surface area is 125 Å². The Morgan fingerprint density at radius 2 is 1.40 bits per heavy atom. The first-order valence-corrected chi connectivity index (χ1v) is 7.46. The molecule has 0 fully saturated rings. The molecule has 0 aliphatic rings. The summed E-state index contributed by atoms with van der Waals surface area (Å²) >= 11 is 1.71. The summed E-state index contributed by atoms with van der Waals surface area (Å²) in [6.45, 7) is 4.29. The van der Waals surface area contributed by atoms with Gasteiger partial charge in [-0.1, -0.05) is 43.8 Å². The average molecular weight is 288 g/mol. The van der Waals surface area contributed by atoms with E-state index in [0.717, 1.165) is 22.0 Å². The molecule has 0 unspecified atom stereocenters. The van der Waals surface area contributed by atoms with E-state index in [1.807, 2.05) is 18.2 Å². The smallest absolute Gasteiger partial charge is 0.127 e. The molecule has 0 saturated carbocycles. The minimum absolute atomic E-state index is 0.357. The second kappa shape index (κ2) is 6.71. The van der Waals surface area contributed by atoms with E-state index >= 15 is 0 Å². The van der Waals surface area contributed by atoms with Crippen LogP contribution in [0.25, 0.3) is 0 Å². The molecule has 0 aromatic heterocycles. The summed E-state index contributed by atoms with van der Waals surface area (Å²) in [4.78, 5) is 2.32. The first kappa shape index (κ1) is 14.8. The predicted octanol–water partition coefficient (Wildman–Crippen LogP) is 4.98. The summed E-state index contributed by atoms with van der Waals surface area (Å²) < 4.78 is 11.1. The maximum absolute atomic E-state index is 5.53. The summed E-state index contributed by atoms with van der Waals surface area (Å²) in [6, 6.07) is 14.5. The van der Waals surface area contributed by atoms with Gasteiger partial charge in [-0.05, 0) is 30.2 Å². The Morgan fingerprint density at radius 3 is 1.85 bits per heavy atom. The summed E-state index contributed by atoms with van der Waals surface area (Å²) in [7, 11) is 3.41. The van der Waals surface area contributed by atoms with Crippen LogP contribution in [0.2, 0.25) is 0 Å². The van der Waals surface area contributed by atoms with E-state index in [1.54, 1.807) is 26.0 Å². The molecule has 2 rings (SSSR count). The van der Waals surface area contributed by atoms with Crippen LogP contribution in [0, 0.1) is 0 Å². The molecule has 0 saturated heterocycles. The van der Waals surface area contributed by atoms with Crippen LogP contribution in [0.5, 0.6) is 11.5 Å². The molecule has 2 nitrogen and oxygen atoms in total. The molecule has 0 heterocycles. The second-order valence-corrected chi connectivity index (χ2v) is 5.96. The van der Waals surface area contributed by atoms with E-state index in [4.69, 9.17) is 9.47 Å². The summed E-state index contributed by atoms with van der Waals surface area (Å²) in [5.41, 5.74) is 1.12. The van der Waals surface area contributed by atoms with E-state index < -0.39 is 0 Å². The van der Waals surface area contributed by atoms with Crippen LogP contribution >= 0.6 is 11.8 Å². The molecule has 0 aliphatic carbocycles. The fraction of sp³-hybridized carbons (Fsp3) is 0.294. The molecule has 2 aromatic carbocycles. The van der Waals surface area contributed by atoms with Crippen molar-refractivity contribution < 1.29 is 9.47 Å². The van der Waals surface area contributed by atoms with Gasteiger partial charge in [-0.2, -0.15) is 0 Å². The van der Waals surface area contributed by atoms with Crippen molar-refractivity contribution in [1.29, 1.82) is 0 Å². The van der Waals surface area contributed by atoms with Crippen molar-refractivity contribution in [2.75, 3.05) is 14.2 Å². The molecule has 0 aliphatic heterocycles. The summed E-state index contributed by atoms with van der Waals surface area (Å²) in [5, 5.41) is 0. The molecule has 0 spiro atoms. The van der Waals surface area contributed by atoms with Crippen molar-refractivity contribution >= 4 is 11.8 Å². The predicted molar refractivity (Wildman–Crippen MR) is 84.2 cm³/mol. The third-order valence-electron chi connectivity index (χ3n) is 3.07. The molecule has 0 amide bonds. The lowest BCUT2D eigenvalue weighted by Crippen LogP contribution is -1.99. The van der Waals surface area contributed by atoms with Crippen LogP contribution < -0.4 is 9.47 Å². The largest absolute Gasteiger partial charge is 0.496 e. The lowest BCUT2D eigenvalue weighted by atomic mass is 10.0. The van der Waals surface area contributed by atoms with Crippen LogP contribution in [-0.2, 0) is 0 Å². The van der Waals surface area contributed by atoms with E-state index in [1.165, 1.54) is 4.90 Å². The zero-order chi connectivity index (χ0) is 14.5. The number of hydrogen-bond donors (Lipinski definition) is 0. The van der Waals surface area contributed by atoms with E-state index in [2.05, 4.69) is 38.1 Å². The number of rotatable bonds is 5. The maximum Gasteiger partial charge on any atom is 0.127 e. The molecular weight excluding hydrogens is 268 g/mol. The van der Waals surface area contributed by atoms with Gasteiger partial charge in [-0.3, -0.25) is 0 Å². The normalized spacial score (nSPS) is 10.7.